The van der Waals surface area contributed by atoms with E-state index in [9.17, 15) is 4.39 Å². The minimum Gasteiger partial charge on any atom is -0.468 e. The summed E-state index contributed by atoms with van der Waals surface area (Å²) in [5, 5.41) is 0. The van der Waals surface area contributed by atoms with Crippen molar-refractivity contribution in [1.82, 2.24) is 0 Å². The lowest BCUT2D eigenvalue weighted by Crippen LogP contribution is -2.10. The van der Waals surface area contributed by atoms with E-state index in [1.807, 2.05) is 0 Å². The standard InChI is InChI=1S/C6H8FNO/c7-4-5(8)6-2-1-3-9-6/h1-3,5H,4,8H2. The molecule has 0 fully saturated rings. The first-order valence-electron chi connectivity index (χ1n) is 2.69. The van der Waals surface area contributed by atoms with E-state index < -0.39 is 12.7 Å². The van der Waals surface area contributed by atoms with Crippen LogP contribution in [0.2, 0.25) is 0 Å². The Balaban J connectivity index is 2.65. The van der Waals surface area contributed by atoms with E-state index in [4.69, 9.17) is 10.2 Å². The second-order valence-electron chi connectivity index (χ2n) is 1.78. The Bertz CT molecular complexity index is 162. The van der Waals surface area contributed by atoms with Gasteiger partial charge in [-0.25, -0.2) is 4.39 Å². The van der Waals surface area contributed by atoms with Crippen LogP contribution in [0.15, 0.2) is 22.8 Å². The van der Waals surface area contributed by atoms with E-state index in [2.05, 4.69) is 0 Å². The van der Waals surface area contributed by atoms with E-state index in [0.717, 1.165) is 0 Å². The molecule has 1 heterocycles. The second kappa shape index (κ2) is 2.64. The van der Waals surface area contributed by atoms with Gasteiger partial charge in [0.1, 0.15) is 12.4 Å². The highest BCUT2D eigenvalue weighted by molar-refractivity contribution is 5.02. The summed E-state index contributed by atoms with van der Waals surface area (Å²) in [6.07, 6.45) is 1.48. The minimum absolute atomic E-state index is 0.498. The quantitative estimate of drug-likeness (QED) is 0.652. The molecule has 1 aromatic heterocycles. The lowest BCUT2D eigenvalue weighted by Gasteiger charge is -1.99. The molecule has 0 spiro atoms. The first kappa shape index (κ1) is 6.29. The summed E-state index contributed by atoms with van der Waals surface area (Å²) < 4.78 is 16.6. The molecule has 1 unspecified atom stereocenters. The summed E-state index contributed by atoms with van der Waals surface area (Å²) in [4.78, 5) is 0. The molecule has 0 aliphatic carbocycles. The monoisotopic (exact) mass is 129 g/mol. The van der Waals surface area contributed by atoms with Gasteiger partial charge in [-0.3, -0.25) is 0 Å². The summed E-state index contributed by atoms with van der Waals surface area (Å²) >= 11 is 0. The summed E-state index contributed by atoms with van der Waals surface area (Å²) in [5.41, 5.74) is 5.27. The van der Waals surface area contributed by atoms with Gasteiger partial charge >= 0.3 is 0 Å². The van der Waals surface area contributed by atoms with Gasteiger partial charge in [0.15, 0.2) is 0 Å². The fraction of sp³-hybridized carbons (Fsp3) is 0.333. The van der Waals surface area contributed by atoms with Gasteiger partial charge < -0.3 is 10.2 Å². The van der Waals surface area contributed by atoms with Crippen LogP contribution in [0.25, 0.3) is 0 Å². The number of alkyl halides is 1. The van der Waals surface area contributed by atoms with Gasteiger partial charge in [0.05, 0.1) is 12.3 Å². The maximum absolute atomic E-state index is 11.8. The van der Waals surface area contributed by atoms with Gasteiger partial charge in [-0.1, -0.05) is 0 Å². The molecule has 0 amide bonds. The van der Waals surface area contributed by atoms with Crippen LogP contribution in [-0.2, 0) is 0 Å². The lowest BCUT2D eigenvalue weighted by atomic mass is 10.3. The van der Waals surface area contributed by atoms with Crippen molar-refractivity contribution in [2.75, 3.05) is 6.67 Å². The maximum atomic E-state index is 11.8. The molecular formula is C6H8FNO. The Morgan fingerprint density at radius 3 is 3.00 bits per heavy atom. The molecule has 9 heavy (non-hydrogen) atoms. The zero-order chi connectivity index (χ0) is 6.69. The highest BCUT2D eigenvalue weighted by Gasteiger charge is 2.05. The number of hydrogen-bond acceptors (Lipinski definition) is 2. The molecule has 1 rings (SSSR count). The number of rotatable bonds is 2. The van der Waals surface area contributed by atoms with Crippen LogP contribution in [0.4, 0.5) is 4.39 Å². The Morgan fingerprint density at radius 1 is 1.78 bits per heavy atom. The Labute approximate surface area is 52.5 Å². The van der Waals surface area contributed by atoms with Gasteiger partial charge in [-0.2, -0.15) is 0 Å². The number of hydrogen-bond donors (Lipinski definition) is 1. The van der Waals surface area contributed by atoms with Gasteiger partial charge in [0.25, 0.3) is 0 Å². The number of nitrogens with two attached hydrogens (primary N) is 1. The van der Waals surface area contributed by atoms with Crippen LogP contribution >= 0.6 is 0 Å². The molecule has 0 bridgehead atoms. The molecule has 1 aromatic rings. The molecule has 2 N–H and O–H groups in total. The van der Waals surface area contributed by atoms with Gasteiger partial charge in [0, 0.05) is 0 Å². The Kier molecular flexibility index (Phi) is 1.85. The molecule has 1 atom stereocenters. The van der Waals surface area contributed by atoms with Crippen molar-refractivity contribution < 1.29 is 8.81 Å². The fourth-order valence-electron chi connectivity index (χ4n) is 0.578. The van der Waals surface area contributed by atoms with Gasteiger partial charge in [-0.15, -0.1) is 0 Å². The zero-order valence-corrected chi connectivity index (χ0v) is 4.88. The van der Waals surface area contributed by atoms with E-state index in [0.29, 0.717) is 5.76 Å². The Hall–Kier alpha value is -0.830. The number of halogens is 1. The average Bonchev–Trinajstić information content (AvgIpc) is 2.37. The van der Waals surface area contributed by atoms with Crippen LogP contribution in [0, 0.1) is 0 Å². The second-order valence-corrected chi connectivity index (χ2v) is 1.78. The summed E-state index contributed by atoms with van der Waals surface area (Å²) in [5.74, 6) is 0.498. The van der Waals surface area contributed by atoms with E-state index in [1.54, 1.807) is 12.1 Å². The van der Waals surface area contributed by atoms with Crippen molar-refractivity contribution in [3.63, 3.8) is 0 Å². The highest BCUT2D eigenvalue weighted by atomic mass is 19.1. The fourth-order valence-corrected chi connectivity index (χ4v) is 0.578. The zero-order valence-electron chi connectivity index (χ0n) is 4.88. The van der Waals surface area contributed by atoms with Crippen LogP contribution in [0.1, 0.15) is 11.8 Å². The molecular weight excluding hydrogens is 121 g/mol. The van der Waals surface area contributed by atoms with E-state index >= 15 is 0 Å². The van der Waals surface area contributed by atoms with Crippen molar-refractivity contribution in [3.8, 4) is 0 Å². The normalized spacial score (nSPS) is 13.6. The van der Waals surface area contributed by atoms with Crippen molar-refractivity contribution in [2.24, 2.45) is 5.73 Å². The topological polar surface area (TPSA) is 39.2 Å². The van der Waals surface area contributed by atoms with Crippen LogP contribution in [0.3, 0.4) is 0 Å². The third-order valence-corrected chi connectivity index (χ3v) is 1.07. The molecule has 0 saturated carbocycles. The van der Waals surface area contributed by atoms with Crippen molar-refractivity contribution in [1.29, 1.82) is 0 Å². The van der Waals surface area contributed by atoms with E-state index in [1.165, 1.54) is 6.26 Å². The van der Waals surface area contributed by atoms with Crippen molar-refractivity contribution in [2.45, 2.75) is 6.04 Å². The van der Waals surface area contributed by atoms with Crippen molar-refractivity contribution in [3.05, 3.63) is 24.2 Å². The molecule has 50 valence electrons. The molecule has 3 heteroatoms. The summed E-state index contributed by atoms with van der Waals surface area (Å²) in [6, 6.07) is 2.75. The van der Waals surface area contributed by atoms with Crippen LogP contribution < -0.4 is 5.73 Å². The third kappa shape index (κ3) is 1.29. The van der Waals surface area contributed by atoms with Crippen LogP contribution in [-0.4, -0.2) is 6.67 Å². The molecule has 0 aromatic carbocycles. The van der Waals surface area contributed by atoms with Gasteiger partial charge in [-0.05, 0) is 12.1 Å². The minimum atomic E-state index is -0.597. The Morgan fingerprint density at radius 2 is 2.56 bits per heavy atom. The SMILES string of the molecule is NC(CF)c1ccco1. The molecule has 0 aliphatic heterocycles. The first-order valence-corrected chi connectivity index (χ1v) is 2.69. The predicted octanol–water partition coefficient (Wildman–Crippen LogP) is 1.25. The largest absolute Gasteiger partial charge is 0.468 e. The first-order chi connectivity index (χ1) is 4.34. The smallest absolute Gasteiger partial charge is 0.123 e. The highest BCUT2D eigenvalue weighted by Crippen LogP contribution is 2.09. The van der Waals surface area contributed by atoms with Crippen LogP contribution in [0.5, 0.6) is 0 Å². The maximum Gasteiger partial charge on any atom is 0.123 e. The van der Waals surface area contributed by atoms with Gasteiger partial charge in [0.2, 0.25) is 0 Å². The molecule has 0 saturated heterocycles. The summed E-state index contributed by atoms with van der Waals surface area (Å²) in [6.45, 7) is -0.576. The molecule has 0 radical (unpaired) electrons. The lowest BCUT2D eigenvalue weighted by molar-refractivity contribution is 0.381. The summed E-state index contributed by atoms with van der Waals surface area (Å²) in [7, 11) is 0. The number of furan rings is 1. The average molecular weight is 129 g/mol. The third-order valence-electron chi connectivity index (χ3n) is 1.07. The predicted molar refractivity (Wildman–Crippen MR) is 31.6 cm³/mol. The van der Waals surface area contributed by atoms with E-state index in [-0.39, 0.29) is 0 Å². The molecule has 0 aliphatic rings. The van der Waals surface area contributed by atoms with Crippen molar-refractivity contribution >= 4 is 0 Å². The molecule has 2 nitrogen and oxygen atoms in total.